The van der Waals surface area contributed by atoms with Crippen LogP contribution in [0.15, 0.2) is 29.3 Å². The molecule has 1 aromatic rings. The van der Waals surface area contributed by atoms with Gasteiger partial charge in [-0.2, -0.15) is 0 Å². The van der Waals surface area contributed by atoms with Gasteiger partial charge in [-0.15, -0.1) is 6.58 Å². The maximum Gasteiger partial charge on any atom is 0.132 e. The number of hydrogen-bond acceptors (Lipinski definition) is 1. The Bertz CT molecular complexity index is 425. The third-order valence-electron chi connectivity index (χ3n) is 3.43. The summed E-state index contributed by atoms with van der Waals surface area (Å²) in [4.78, 5) is 0. The van der Waals surface area contributed by atoms with Gasteiger partial charge >= 0.3 is 0 Å². The van der Waals surface area contributed by atoms with E-state index in [2.05, 4.69) is 27.8 Å². The second-order valence-corrected chi connectivity index (χ2v) is 6.13. The second-order valence-electron chi connectivity index (χ2n) is 5.22. The molecule has 0 spiro atoms. The molecule has 1 aromatic carbocycles. The lowest BCUT2D eigenvalue weighted by Crippen LogP contribution is -2.24. The Morgan fingerprint density at radius 2 is 1.90 bits per heavy atom. The number of hydrogen-bond donors (Lipinski definition) is 1. The second kappa shape index (κ2) is 10.1. The van der Waals surface area contributed by atoms with Crippen molar-refractivity contribution in [2.24, 2.45) is 0 Å². The zero-order chi connectivity index (χ0) is 15.7. The lowest BCUT2D eigenvalue weighted by atomic mass is 9.98. The van der Waals surface area contributed by atoms with Gasteiger partial charge in [-0.25, -0.2) is 8.78 Å². The molecule has 1 rings (SSSR count). The molecule has 1 N–H and O–H groups in total. The highest BCUT2D eigenvalue weighted by Crippen LogP contribution is 2.28. The van der Waals surface area contributed by atoms with E-state index >= 15 is 0 Å². The Morgan fingerprint density at radius 1 is 1.24 bits per heavy atom. The molecule has 0 radical (unpaired) electrons. The summed E-state index contributed by atoms with van der Waals surface area (Å²) < 4.78 is 28.6. The van der Waals surface area contributed by atoms with E-state index in [1.807, 2.05) is 13.0 Å². The number of nitrogens with one attached hydrogen (secondary N) is 1. The molecule has 0 fully saturated rings. The van der Waals surface area contributed by atoms with E-state index in [-0.39, 0.29) is 11.6 Å². The maximum atomic E-state index is 14.1. The zero-order valence-electron chi connectivity index (χ0n) is 12.6. The molecular weight excluding hydrogens is 336 g/mol. The smallest absolute Gasteiger partial charge is 0.132 e. The molecule has 1 unspecified atom stereocenters. The van der Waals surface area contributed by atoms with Crippen molar-refractivity contribution in [1.82, 2.24) is 5.32 Å². The predicted octanol–water partition coefficient (Wildman–Crippen LogP) is 5.90. The molecule has 0 aromatic heterocycles. The first-order chi connectivity index (χ1) is 10.1. The van der Waals surface area contributed by atoms with E-state index < -0.39 is 11.6 Å². The van der Waals surface area contributed by atoms with Gasteiger partial charge in [0.1, 0.15) is 11.6 Å². The summed E-state index contributed by atoms with van der Waals surface area (Å²) in [5, 5.41) is 3.26. The fourth-order valence-corrected chi connectivity index (χ4v) is 2.77. The quantitative estimate of drug-likeness (QED) is 0.404. The van der Waals surface area contributed by atoms with Crippen LogP contribution in [0.1, 0.15) is 57.1 Å². The van der Waals surface area contributed by atoms with Crippen molar-refractivity contribution < 1.29 is 8.78 Å². The average Bonchev–Trinajstić information content (AvgIpc) is 2.42. The van der Waals surface area contributed by atoms with Gasteiger partial charge in [0.05, 0.1) is 0 Å². The molecule has 21 heavy (non-hydrogen) atoms. The van der Waals surface area contributed by atoms with Crippen molar-refractivity contribution in [2.45, 2.75) is 51.5 Å². The van der Waals surface area contributed by atoms with Crippen molar-refractivity contribution in [2.75, 3.05) is 6.54 Å². The molecule has 0 aliphatic heterocycles. The van der Waals surface area contributed by atoms with Crippen LogP contribution in [0.4, 0.5) is 8.78 Å². The fourth-order valence-electron chi connectivity index (χ4n) is 2.37. The van der Waals surface area contributed by atoms with Crippen LogP contribution in [0.25, 0.3) is 0 Å². The van der Waals surface area contributed by atoms with Crippen molar-refractivity contribution >= 4 is 15.9 Å². The molecule has 0 aliphatic rings. The molecule has 1 atom stereocenters. The minimum absolute atomic E-state index is 0.162. The molecular formula is C17H24BrF2N. The van der Waals surface area contributed by atoms with Gasteiger partial charge in [0, 0.05) is 16.1 Å². The molecule has 0 amide bonds. The van der Waals surface area contributed by atoms with Gasteiger partial charge in [0.15, 0.2) is 0 Å². The molecule has 0 heterocycles. The van der Waals surface area contributed by atoms with Crippen molar-refractivity contribution in [3.05, 3.63) is 46.5 Å². The minimum atomic E-state index is -0.485. The van der Waals surface area contributed by atoms with Crippen LogP contribution in [0, 0.1) is 11.6 Å². The Kier molecular flexibility index (Phi) is 8.77. The number of benzene rings is 1. The van der Waals surface area contributed by atoms with Crippen LogP contribution in [-0.4, -0.2) is 6.54 Å². The van der Waals surface area contributed by atoms with Gasteiger partial charge in [-0.3, -0.25) is 0 Å². The highest BCUT2D eigenvalue weighted by Gasteiger charge is 2.20. The minimum Gasteiger partial charge on any atom is -0.310 e. The average molecular weight is 360 g/mol. The van der Waals surface area contributed by atoms with Gasteiger partial charge in [-0.05, 0) is 44.4 Å². The van der Waals surface area contributed by atoms with E-state index in [4.69, 9.17) is 0 Å². The van der Waals surface area contributed by atoms with E-state index in [0.717, 1.165) is 45.1 Å². The number of unbranched alkanes of at least 4 members (excludes halogenated alkanes) is 3. The van der Waals surface area contributed by atoms with Gasteiger partial charge in [0.2, 0.25) is 0 Å². The first-order valence-corrected chi connectivity index (χ1v) is 8.38. The van der Waals surface area contributed by atoms with E-state index in [9.17, 15) is 8.78 Å². The summed E-state index contributed by atoms with van der Waals surface area (Å²) in [7, 11) is 0. The lowest BCUT2D eigenvalue weighted by Gasteiger charge is -2.20. The monoisotopic (exact) mass is 359 g/mol. The van der Waals surface area contributed by atoms with Crippen LogP contribution < -0.4 is 5.32 Å². The normalized spacial score (nSPS) is 12.4. The first kappa shape index (κ1) is 18.3. The summed E-state index contributed by atoms with van der Waals surface area (Å²) in [5.74, 6) is -0.969. The maximum absolute atomic E-state index is 14.1. The molecule has 118 valence electrons. The largest absolute Gasteiger partial charge is 0.310 e. The Labute approximate surface area is 135 Å². The van der Waals surface area contributed by atoms with Crippen LogP contribution in [0.3, 0.4) is 0 Å². The van der Waals surface area contributed by atoms with Crippen molar-refractivity contribution in [3.63, 3.8) is 0 Å². The summed E-state index contributed by atoms with van der Waals surface area (Å²) >= 11 is 3.12. The van der Waals surface area contributed by atoms with Gasteiger partial charge in [0.25, 0.3) is 0 Å². The standard InChI is InChI=1S/C17H24BrF2N/c1-3-5-6-7-8-9-16(21-10-4-2)17-14(19)11-13(18)12-15(17)20/h3,11-12,16,21H,1,4-10H2,2H3. The molecule has 1 nitrogen and oxygen atoms in total. The van der Waals surface area contributed by atoms with Crippen LogP contribution in [0.5, 0.6) is 0 Å². The van der Waals surface area contributed by atoms with Crippen LogP contribution >= 0.6 is 15.9 Å². The van der Waals surface area contributed by atoms with Crippen molar-refractivity contribution in [1.29, 1.82) is 0 Å². The summed E-state index contributed by atoms with van der Waals surface area (Å²) in [6, 6.07) is 2.40. The van der Waals surface area contributed by atoms with Crippen LogP contribution in [-0.2, 0) is 0 Å². The molecule has 0 bridgehead atoms. The SMILES string of the molecule is C=CCCCCCC(NCCC)c1c(F)cc(Br)cc1F. The third kappa shape index (κ3) is 6.27. The number of allylic oxidation sites excluding steroid dienone is 1. The first-order valence-electron chi connectivity index (χ1n) is 7.58. The third-order valence-corrected chi connectivity index (χ3v) is 3.89. The predicted molar refractivity (Wildman–Crippen MR) is 88.4 cm³/mol. The fraction of sp³-hybridized carbons (Fsp3) is 0.529. The topological polar surface area (TPSA) is 12.0 Å². The zero-order valence-corrected chi connectivity index (χ0v) is 14.2. The van der Waals surface area contributed by atoms with E-state index in [0.29, 0.717) is 4.47 Å². The molecule has 0 saturated heterocycles. The van der Waals surface area contributed by atoms with Crippen molar-refractivity contribution in [3.8, 4) is 0 Å². The number of rotatable bonds is 10. The highest BCUT2D eigenvalue weighted by atomic mass is 79.9. The van der Waals surface area contributed by atoms with Gasteiger partial charge < -0.3 is 5.32 Å². The van der Waals surface area contributed by atoms with E-state index in [1.54, 1.807) is 0 Å². The van der Waals surface area contributed by atoms with Crippen LogP contribution in [0.2, 0.25) is 0 Å². The molecule has 4 heteroatoms. The Hall–Kier alpha value is -0.740. The summed E-state index contributed by atoms with van der Waals surface area (Å²) in [5.41, 5.74) is 0.162. The summed E-state index contributed by atoms with van der Waals surface area (Å²) in [6.45, 7) is 6.50. The molecule has 0 saturated carbocycles. The Morgan fingerprint density at radius 3 is 2.48 bits per heavy atom. The Balaban J connectivity index is 2.74. The lowest BCUT2D eigenvalue weighted by molar-refractivity contribution is 0.430. The number of halogens is 3. The molecule has 0 aliphatic carbocycles. The van der Waals surface area contributed by atoms with Gasteiger partial charge in [-0.1, -0.05) is 41.8 Å². The summed E-state index contributed by atoms with van der Waals surface area (Å²) in [6.07, 6.45) is 7.66. The highest BCUT2D eigenvalue weighted by molar-refractivity contribution is 9.10. The van der Waals surface area contributed by atoms with E-state index in [1.165, 1.54) is 12.1 Å².